The van der Waals surface area contributed by atoms with E-state index >= 15 is 0 Å². The van der Waals surface area contributed by atoms with Gasteiger partial charge in [0.15, 0.2) is 0 Å². The predicted molar refractivity (Wildman–Crippen MR) is 80.8 cm³/mol. The number of thiophene rings is 1. The molecule has 0 aliphatic heterocycles. The van der Waals surface area contributed by atoms with E-state index in [4.69, 9.17) is 16.3 Å². The smallest absolute Gasteiger partial charge is 0.271 e. The van der Waals surface area contributed by atoms with Gasteiger partial charge in [-0.3, -0.25) is 4.72 Å². The van der Waals surface area contributed by atoms with Gasteiger partial charge in [0.05, 0.1) is 21.6 Å². The molecule has 102 valence electrons. The summed E-state index contributed by atoms with van der Waals surface area (Å²) in [5.74, 6) is 0.452. The molecule has 4 nitrogen and oxygen atoms in total. The van der Waals surface area contributed by atoms with Crippen molar-refractivity contribution >= 4 is 54.6 Å². The van der Waals surface area contributed by atoms with Gasteiger partial charge in [-0.25, -0.2) is 8.42 Å². The van der Waals surface area contributed by atoms with E-state index in [0.717, 1.165) is 11.3 Å². The van der Waals surface area contributed by atoms with E-state index in [2.05, 4.69) is 20.7 Å². The first-order valence-corrected chi connectivity index (χ1v) is 8.52. The maximum Gasteiger partial charge on any atom is 0.271 e. The Hall–Kier alpha value is -0.760. The molecule has 1 N–H and O–H groups in total. The average molecular weight is 383 g/mol. The summed E-state index contributed by atoms with van der Waals surface area (Å²) in [6.07, 6.45) is 0. The lowest BCUT2D eigenvalue weighted by Crippen LogP contribution is -2.12. The molecule has 0 radical (unpaired) electrons. The van der Waals surface area contributed by atoms with Crippen LogP contribution < -0.4 is 9.46 Å². The van der Waals surface area contributed by atoms with Crippen LogP contribution in [0.4, 0.5) is 5.69 Å². The molecule has 0 saturated heterocycles. The van der Waals surface area contributed by atoms with Crippen molar-refractivity contribution in [1.82, 2.24) is 0 Å². The van der Waals surface area contributed by atoms with Gasteiger partial charge in [0.25, 0.3) is 10.0 Å². The van der Waals surface area contributed by atoms with Gasteiger partial charge < -0.3 is 4.74 Å². The predicted octanol–water partition coefficient (Wildman–Crippen LogP) is 3.97. The highest BCUT2D eigenvalue weighted by atomic mass is 79.9. The number of rotatable bonds is 4. The van der Waals surface area contributed by atoms with Gasteiger partial charge in [-0.1, -0.05) is 23.7 Å². The van der Waals surface area contributed by atoms with Crippen LogP contribution in [0.3, 0.4) is 0 Å². The molecule has 0 fully saturated rings. The highest BCUT2D eigenvalue weighted by molar-refractivity contribution is 9.11. The number of anilines is 1. The van der Waals surface area contributed by atoms with Gasteiger partial charge >= 0.3 is 0 Å². The summed E-state index contributed by atoms with van der Waals surface area (Å²) in [6, 6.07) is 8.18. The summed E-state index contributed by atoms with van der Waals surface area (Å²) < 4.78 is 32.7. The van der Waals surface area contributed by atoms with Crippen molar-refractivity contribution in [2.75, 3.05) is 11.8 Å². The maximum absolute atomic E-state index is 12.2. The zero-order valence-electron chi connectivity index (χ0n) is 9.68. The molecule has 0 aliphatic rings. The van der Waals surface area contributed by atoms with Crippen LogP contribution in [0.1, 0.15) is 0 Å². The Kier molecular flexibility index (Phi) is 4.39. The fraction of sp³-hybridized carbons (Fsp3) is 0.0909. The van der Waals surface area contributed by atoms with Crippen LogP contribution in [0.25, 0.3) is 0 Å². The molecular weight excluding hydrogens is 374 g/mol. The molecule has 0 spiro atoms. The maximum atomic E-state index is 12.2. The molecule has 0 bridgehead atoms. The van der Waals surface area contributed by atoms with E-state index in [0.29, 0.717) is 20.2 Å². The first-order chi connectivity index (χ1) is 8.94. The molecule has 1 aromatic heterocycles. The lowest BCUT2D eigenvalue weighted by Gasteiger charge is -2.10. The minimum absolute atomic E-state index is 0.135. The molecule has 19 heavy (non-hydrogen) atoms. The summed E-state index contributed by atoms with van der Waals surface area (Å²) in [7, 11) is -2.20. The highest BCUT2D eigenvalue weighted by Gasteiger charge is 2.20. The molecule has 0 unspecified atom stereocenters. The van der Waals surface area contributed by atoms with Crippen molar-refractivity contribution in [2.45, 2.75) is 4.21 Å². The average Bonchev–Trinajstić information content (AvgIpc) is 2.71. The second-order valence-corrected chi connectivity index (χ2v) is 8.18. The van der Waals surface area contributed by atoms with Crippen LogP contribution in [0.2, 0.25) is 5.02 Å². The zero-order valence-corrected chi connectivity index (χ0v) is 13.7. The fourth-order valence-corrected chi connectivity index (χ4v) is 4.85. The van der Waals surface area contributed by atoms with Gasteiger partial charge in [0.2, 0.25) is 0 Å². The molecule has 0 saturated carbocycles. The highest BCUT2D eigenvalue weighted by Crippen LogP contribution is 2.36. The largest absolute Gasteiger partial charge is 0.495 e. The third-order valence-electron chi connectivity index (χ3n) is 2.24. The van der Waals surface area contributed by atoms with Crippen molar-refractivity contribution in [3.05, 3.63) is 39.1 Å². The van der Waals surface area contributed by atoms with Gasteiger partial charge in [0.1, 0.15) is 9.96 Å². The zero-order chi connectivity index (χ0) is 14.0. The number of methoxy groups -OCH3 is 1. The van der Waals surface area contributed by atoms with Gasteiger partial charge in [-0.15, -0.1) is 11.3 Å². The van der Waals surface area contributed by atoms with E-state index in [9.17, 15) is 8.42 Å². The van der Waals surface area contributed by atoms with Gasteiger partial charge in [-0.2, -0.15) is 0 Å². The number of para-hydroxylation sites is 2. The number of ether oxygens (including phenoxy) is 1. The first-order valence-electron chi connectivity index (χ1n) is 5.04. The van der Waals surface area contributed by atoms with Crippen molar-refractivity contribution in [2.24, 2.45) is 0 Å². The molecule has 0 atom stereocenters. The Morgan fingerprint density at radius 2 is 2.05 bits per heavy atom. The monoisotopic (exact) mass is 381 g/mol. The van der Waals surface area contributed by atoms with Crippen LogP contribution >= 0.6 is 38.9 Å². The van der Waals surface area contributed by atoms with Crippen LogP contribution in [0, 0.1) is 0 Å². The number of nitrogens with one attached hydrogen (secondary N) is 1. The van der Waals surface area contributed by atoms with Crippen molar-refractivity contribution < 1.29 is 13.2 Å². The van der Waals surface area contributed by atoms with Gasteiger partial charge in [0, 0.05) is 0 Å². The standard InChI is InChI=1S/C11H9BrClNO3S2/c1-17-9-5-3-2-4-8(9)14-19(15,16)10-6-7(13)11(12)18-10/h2-6,14H,1H3. The molecular formula is C11H9BrClNO3S2. The molecule has 0 amide bonds. The van der Waals surface area contributed by atoms with Crippen molar-refractivity contribution in [3.8, 4) is 5.75 Å². The number of hydrogen-bond donors (Lipinski definition) is 1. The summed E-state index contributed by atoms with van der Waals surface area (Å²) in [4.78, 5) is 0. The van der Waals surface area contributed by atoms with Crippen LogP contribution in [0.15, 0.2) is 38.3 Å². The Bertz CT molecular complexity index is 680. The molecule has 8 heteroatoms. The Morgan fingerprint density at radius 1 is 1.37 bits per heavy atom. The van der Waals surface area contributed by atoms with Crippen LogP contribution in [0.5, 0.6) is 5.75 Å². The summed E-state index contributed by atoms with van der Waals surface area (Å²) in [5.41, 5.74) is 0.380. The minimum atomic E-state index is -3.67. The second kappa shape index (κ2) is 5.70. The number of hydrogen-bond acceptors (Lipinski definition) is 4. The number of halogens is 2. The van der Waals surface area contributed by atoms with Crippen molar-refractivity contribution in [1.29, 1.82) is 0 Å². The van der Waals surface area contributed by atoms with E-state index in [1.165, 1.54) is 13.2 Å². The van der Waals surface area contributed by atoms with E-state index in [-0.39, 0.29) is 4.21 Å². The summed E-state index contributed by atoms with van der Waals surface area (Å²) >= 11 is 10.1. The first kappa shape index (κ1) is 14.6. The molecule has 2 rings (SSSR count). The lowest BCUT2D eigenvalue weighted by atomic mass is 10.3. The number of sulfonamides is 1. The van der Waals surface area contributed by atoms with E-state index in [1.807, 2.05) is 0 Å². The quantitative estimate of drug-likeness (QED) is 0.870. The van der Waals surface area contributed by atoms with Crippen molar-refractivity contribution in [3.63, 3.8) is 0 Å². The molecule has 1 aromatic carbocycles. The fourth-order valence-electron chi connectivity index (χ4n) is 1.38. The van der Waals surface area contributed by atoms with E-state index in [1.54, 1.807) is 24.3 Å². The molecule has 1 heterocycles. The Labute approximate surface area is 128 Å². The molecule has 0 aliphatic carbocycles. The van der Waals surface area contributed by atoms with Crippen LogP contribution in [-0.2, 0) is 10.0 Å². The summed E-state index contributed by atoms with van der Waals surface area (Å²) in [5, 5.41) is 0.366. The lowest BCUT2D eigenvalue weighted by molar-refractivity contribution is 0.417. The normalized spacial score (nSPS) is 11.3. The SMILES string of the molecule is COc1ccccc1NS(=O)(=O)c1cc(Cl)c(Br)s1. The second-order valence-electron chi connectivity index (χ2n) is 3.49. The Morgan fingerprint density at radius 3 is 2.63 bits per heavy atom. The summed E-state index contributed by atoms with van der Waals surface area (Å²) in [6.45, 7) is 0. The Balaban J connectivity index is 2.36. The van der Waals surface area contributed by atoms with Crippen LogP contribution in [-0.4, -0.2) is 15.5 Å². The third-order valence-corrected chi connectivity index (χ3v) is 6.55. The third kappa shape index (κ3) is 3.22. The van der Waals surface area contributed by atoms with Gasteiger partial charge in [-0.05, 0) is 34.1 Å². The minimum Gasteiger partial charge on any atom is -0.495 e. The van der Waals surface area contributed by atoms with E-state index < -0.39 is 10.0 Å². The molecule has 2 aromatic rings. The number of benzene rings is 1. The topological polar surface area (TPSA) is 55.4 Å².